The zero-order chi connectivity index (χ0) is 40.5. The number of ether oxygens (including phenoxy) is 4. The molecule has 5 rings (SSSR count). The van der Waals surface area contributed by atoms with Crippen LogP contribution in [0.15, 0.2) is 59.9 Å². The Morgan fingerprint density at radius 1 is 1.09 bits per heavy atom. The van der Waals surface area contributed by atoms with Gasteiger partial charge in [0.25, 0.3) is 6.01 Å². The summed E-state index contributed by atoms with van der Waals surface area (Å²) >= 11 is 0. The van der Waals surface area contributed by atoms with Crippen LogP contribution in [0.2, 0.25) is 0 Å². The molecule has 0 saturated heterocycles. The van der Waals surface area contributed by atoms with E-state index in [0.29, 0.717) is 60.6 Å². The average Bonchev–Trinajstić information content (AvgIpc) is 3.82. The predicted octanol–water partition coefficient (Wildman–Crippen LogP) is 7.07. The molecule has 2 aromatic heterocycles. The van der Waals surface area contributed by atoms with Gasteiger partial charge in [0.05, 0.1) is 42.1 Å². The maximum Gasteiger partial charge on any atom is 0.511 e. The van der Waals surface area contributed by atoms with Crippen molar-refractivity contribution in [2.45, 2.75) is 92.0 Å². The normalized spacial score (nSPS) is 14.8. The van der Waals surface area contributed by atoms with Gasteiger partial charge in [0.2, 0.25) is 11.6 Å². The van der Waals surface area contributed by atoms with Gasteiger partial charge in [-0.1, -0.05) is 68.5 Å². The van der Waals surface area contributed by atoms with Gasteiger partial charge in [0.1, 0.15) is 19.1 Å². The Morgan fingerprint density at radius 2 is 1.82 bits per heavy atom. The highest BCUT2D eigenvalue weighted by Gasteiger charge is 2.34. The molecule has 4 aromatic rings. The second-order valence-electron chi connectivity index (χ2n) is 15.2. The Kier molecular flexibility index (Phi) is 13.3. The fraction of sp³-hybridized carbons (Fsp3) is 0.487. The van der Waals surface area contributed by atoms with Crippen LogP contribution >= 0.6 is 0 Å². The molecule has 0 saturated carbocycles. The van der Waals surface area contributed by atoms with Gasteiger partial charge in [-0.05, 0) is 85.6 Å². The molecule has 0 aliphatic heterocycles. The zero-order valence-corrected chi connectivity index (χ0v) is 33.2. The highest BCUT2D eigenvalue weighted by molar-refractivity contribution is 5.81. The molecular formula is C39H51N9O8. The molecule has 2 unspecified atom stereocenters. The van der Waals surface area contributed by atoms with Crippen molar-refractivity contribution in [3.05, 3.63) is 76.8 Å². The number of aromatic amines is 1. The number of carbonyl (C=O) groups is 2. The fourth-order valence-corrected chi connectivity index (χ4v) is 5.95. The molecule has 17 heteroatoms. The minimum atomic E-state index is -1.21. The number of benzene rings is 2. The number of esters is 1. The molecule has 1 aliphatic rings. The van der Waals surface area contributed by atoms with Gasteiger partial charge in [-0.25, -0.2) is 9.89 Å². The van der Waals surface area contributed by atoms with Gasteiger partial charge in [-0.15, -0.1) is 10.1 Å². The lowest BCUT2D eigenvalue weighted by Gasteiger charge is -2.26. The first-order chi connectivity index (χ1) is 26.7. The molecule has 2 atom stereocenters. The third-order valence-electron chi connectivity index (χ3n) is 9.24. The first-order valence-electron chi connectivity index (χ1n) is 18.6. The maximum atomic E-state index is 13.6. The van der Waals surface area contributed by atoms with Gasteiger partial charge in [0.15, 0.2) is 5.82 Å². The second kappa shape index (κ2) is 18.1. The second-order valence-corrected chi connectivity index (χ2v) is 15.2. The Balaban J connectivity index is 1.17. The minimum Gasteiger partial charge on any atom is -0.569 e. The topological polar surface area (TPSA) is 194 Å². The summed E-state index contributed by atoms with van der Waals surface area (Å²) in [5.41, 5.74) is 4.19. The summed E-state index contributed by atoms with van der Waals surface area (Å²) in [6, 6.07) is 16.3. The summed E-state index contributed by atoms with van der Waals surface area (Å²) < 4.78 is 24.1. The third-order valence-corrected chi connectivity index (χ3v) is 9.24. The first-order valence-corrected chi connectivity index (χ1v) is 18.6. The zero-order valence-electron chi connectivity index (χ0n) is 33.2. The lowest BCUT2D eigenvalue weighted by molar-refractivity contribution is -0.719. The van der Waals surface area contributed by atoms with Gasteiger partial charge < -0.3 is 29.0 Å². The lowest BCUT2D eigenvalue weighted by Crippen LogP contribution is -2.42. The van der Waals surface area contributed by atoms with E-state index in [-0.39, 0.29) is 13.2 Å². The van der Waals surface area contributed by atoms with Crippen molar-refractivity contribution in [1.82, 2.24) is 35.2 Å². The van der Waals surface area contributed by atoms with Crippen LogP contribution in [0.25, 0.3) is 28.6 Å². The van der Waals surface area contributed by atoms with Gasteiger partial charge >= 0.3 is 12.1 Å². The van der Waals surface area contributed by atoms with Crippen molar-refractivity contribution in [2.75, 3.05) is 26.9 Å². The predicted molar refractivity (Wildman–Crippen MR) is 204 cm³/mol. The van der Waals surface area contributed by atoms with Crippen LogP contribution in [0.4, 0.5) is 4.79 Å². The number of H-pyrrole nitrogens is 1. The van der Waals surface area contributed by atoms with Crippen molar-refractivity contribution >= 4 is 18.2 Å². The number of nitrogens with zero attached hydrogens (tertiary/aromatic N) is 8. The lowest BCUT2D eigenvalue weighted by atomic mass is 9.89. The van der Waals surface area contributed by atoms with Gasteiger partial charge in [-0.2, -0.15) is 4.98 Å². The molecule has 0 spiro atoms. The minimum absolute atomic E-state index is 0.0483. The average molecular weight is 774 g/mol. The molecule has 300 valence electrons. The number of fused-ring (bicyclic) bond motifs is 1. The number of imidazole rings is 1. The van der Waals surface area contributed by atoms with Gasteiger partial charge in [0, 0.05) is 12.5 Å². The number of hydrazine groups is 1. The molecule has 2 heterocycles. The number of hydrogen-bond donors (Lipinski definition) is 1. The number of rotatable bonds is 17. The number of aromatic nitrogens is 6. The van der Waals surface area contributed by atoms with Crippen molar-refractivity contribution in [1.29, 1.82) is 0 Å². The molecule has 2 aromatic carbocycles. The number of hydrogen-bond acceptors (Lipinski definition) is 13. The van der Waals surface area contributed by atoms with Crippen LogP contribution in [-0.4, -0.2) is 91.0 Å². The van der Waals surface area contributed by atoms with Crippen molar-refractivity contribution in [2.24, 2.45) is 10.7 Å². The Morgan fingerprint density at radius 3 is 2.50 bits per heavy atom. The van der Waals surface area contributed by atoms with Crippen molar-refractivity contribution in [3.8, 4) is 28.5 Å². The summed E-state index contributed by atoms with van der Waals surface area (Å²) in [6.07, 6.45) is 3.09. The smallest absolute Gasteiger partial charge is 0.511 e. The van der Waals surface area contributed by atoms with Crippen LogP contribution < -0.4 is 4.74 Å². The van der Waals surface area contributed by atoms with Crippen LogP contribution in [-0.2, 0) is 30.4 Å². The van der Waals surface area contributed by atoms with E-state index >= 15 is 0 Å². The Hall–Kier alpha value is -6.00. The van der Waals surface area contributed by atoms with E-state index in [4.69, 9.17) is 28.8 Å². The van der Waals surface area contributed by atoms with E-state index in [1.807, 2.05) is 107 Å². The molecule has 0 amide bonds. The monoisotopic (exact) mass is 773 g/mol. The molecule has 0 radical (unpaired) electrons. The number of allylic oxidation sites excluding steroid dienone is 1. The SMILES string of the molecule is CCOc1nc2c(n1Cc1ccc(-c3ccccc3-c3nnn[nH]3)cc1)C(C(=O)OC(C)OC(=O)OCC(C)(C)CCCO/N=[N+](\[O-])N(C)C(C)(C)C)CC=C2. The largest absolute Gasteiger partial charge is 0.569 e. The van der Waals surface area contributed by atoms with E-state index < -0.39 is 35.3 Å². The van der Waals surface area contributed by atoms with Crippen LogP contribution in [0.5, 0.6) is 6.01 Å². The molecular weight excluding hydrogens is 722 g/mol. The number of carbonyl (C=O) groups excluding carboxylic acids is 2. The van der Waals surface area contributed by atoms with E-state index in [1.54, 1.807) is 7.05 Å². The fourth-order valence-electron chi connectivity index (χ4n) is 5.95. The third kappa shape index (κ3) is 10.6. The highest BCUT2D eigenvalue weighted by atomic mass is 16.8. The molecule has 17 nitrogen and oxygen atoms in total. The number of tetrazole rings is 1. The van der Waals surface area contributed by atoms with Crippen LogP contribution in [0.3, 0.4) is 0 Å². The number of nitrogens with one attached hydrogen (secondary N) is 1. The van der Waals surface area contributed by atoms with Crippen molar-refractivity contribution < 1.29 is 38.3 Å². The molecule has 0 bridgehead atoms. The maximum absolute atomic E-state index is 13.6. The van der Waals surface area contributed by atoms with E-state index in [9.17, 15) is 14.8 Å². The standard InChI is InChI=1S/C39H51N9O8/c1-9-52-36-40-32-17-12-16-31(33(32)47(36)24-27-18-20-28(21-19-27)29-14-10-11-15-30(29)34-41-43-44-42-34)35(49)55-26(2)56-37(50)53-25-39(6,7)22-13-23-54-45-48(51)46(8)38(3,4)5/h10-12,14-15,17-21,26,31H,9,13,16,22-25H2,1-8H3,(H,41,42,43,44)/b48-45-. The Labute approximate surface area is 326 Å². The first kappa shape index (κ1) is 41.2. The summed E-state index contributed by atoms with van der Waals surface area (Å²) in [7, 11) is 1.63. The molecule has 0 fully saturated rings. The summed E-state index contributed by atoms with van der Waals surface area (Å²) in [4.78, 5) is 36.5. The summed E-state index contributed by atoms with van der Waals surface area (Å²) in [5.74, 6) is -0.732. The van der Waals surface area contributed by atoms with Crippen LogP contribution in [0, 0.1) is 10.6 Å². The van der Waals surface area contributed by atoms with Gasteiger partial charge in [-0.3, -0.25) is 9.36 Å². The quantitative estimate of drug-likeness (QED) is 0.0286. The Bertz CT molecular complexity index is 1990. The molecule has 1 aliphatic carbocycles. The summed E-state index contributed by atoms with van der Waals surface area (Å²) in [5, 5.41) is 31.4. The molecule has 56 heavy (non-hydrogen) atoms. The molecule has 1 N–H and O–H groups in total. The van der Waals surface area contributed by atoms with Crippen LogP contribution in [0.1, 0.15) is 90.6 Å². The van der Waals surface area contributed by atoms with Crippen molar-refractivity contribution in [3.63, 3.8) is 0 Å². The summed E-state index contributed by atoms with van der Waals surface area (Å²) in [6.45, 7) is 13.9. The van der Waals surface area contributed by atoms with E-state index in [0.717, 1.165) is 22.3 Å². The van der Waals surface area contributed by atoms with E-state index in [2.05, 4.69) is 25.9 Å². The highest BCUT2D eigenvalue weighted by Crippen LogP contribution is 2.36. The van der Waals surface area contributed by atoms with E-state index in [1.165, 1.54) is 11.9 Å².